The highest BCUT2D eigenvalue weighted by molar-refractivity contribution is 5.53. The van der Waals surface area contributed by atoms with Gasteiger partial charge in [-0.2, -0.15) is 4.39 Å². The normalized spacial score (nSPS) is 21.0. The molecule has 13 heavy (non-hydrogen) atoms. The van der Waals surface area contributed by atoms with Crippen LogP contribution in [-0.2, 0) is 0 Å². The van der Waals surface area contributed by atoms with Gasteiger partial charge in [0.25, 0.3) is 0 Å². The lowest BCUT2D eigenvalue weighted by molar-refractivity contribution is 0.193. The summed E-state index contributed by atoms with van der Waals surface area (Å²) < 4.78 is 12.7. The molecule has 1 N–H and O–H groups in total. The van der Waals surface area contributed by atoms with Crippen LogP contribution in [0.25, 0.3) is 0 Å². The van der Waals surface area contributed by atoms with Crippen LogP contribution < -0.4 is 0 Å². The van der Waals surface area contributed by atoms with Gasteiger partial charge in [0.2, 0.25) is 5.95 Å². The zero-order valence-electron chi connectivity index (χ0n) is 7.07. The van der Waals surface area contributed by atoms with Crippen LogP contribution >= 0.6 is 0 Å². The smallest absolute Gasteiger partial charge is 0.213 e. The second-order valence-corrected chi connectivity index (χ2v) is 3.08. The van der Waals surface area contributed by atoms with Crippen molar-refractivity contribution in [3.05, 3.63) is 29.8 Å². The first-order valence-corrected chi connectivity index (χ1v) is 4.19. The average molecular weight is 179 g/mol. The molecule has 0 amide bonds. The first kappa shape index (κ1) is 8.16. The molecule has 1 aliphatic rings. The van der Waals surface area contributed by atoms with Crippen LogP contribution in [0.3, 0.4) is 0 Å². The lowest BCUT2D eigenvalue weighted by Gasteiger charge is -2.39. The van der Waals surface area contributed by atoms with Crippen LogP contribution in [0.2, 0.25) is 0 Å². The van der Waals surface area contributed by atoms with Crippen molar-refractivity contribution in [3.8, 4) is 0 Å². The molecule has 2 rings (SSSR count). The van der Waals surface area contributed by atoms with Crippen LogP contribution in [-0.4, -0.2) is 22.8 Å². The highest BCUT2D eigenvalue weighted by atomic mass is 19.1. The molecule has 1 saturated heterocycles. The van der Waals surface area contributed by atoms with E-state index in [1.807, 2.05) is 4.90 Å². The maximum absolute atomic E-state index is 12.7. The van der Waals surface area contributed by atoms with E-state index in [9.17, 15) is 4.39 Å². The Balaban J connectivity index is 2.21. The third kappa shape index (κ3) is 1.39. The SMILES string of the molecule is N=CN1CCC1c1ccnc(F)c1. The van der Waals surface area contributed by atoms with Crippen molar-refractivity contribution >= 4 is 6.34 Å². The third-order valence-electron chi connectivity index (χ3n) is 2.36. The molecule has 0 radical (unpaired) electrons. The first-order chi connectivity index (χ1) is 6.31. The van der Waals surface area contributed by atoms with Gasteiger partial charge in [-0.15, -0.1) is 0 Å². The number of pyridine rings is 1. The Morgan fingerprint density at radius 2 is 2.54 bits per heavy atom. The molecular formula is C9H10FN3. The number of likely N-dealkylation sites (tertiary alicyclic amines) is 1. The van der Waals surface area contributed by atoms with Crippen molar-refractivity contribution in [3.63, 3.8) is 0 Å². The molecule has 1 aromatic rings. The van der Waals surface area contributed by atoms with E-state index in [2.05, 4.69) is 4.98 Å². The molecule has 1 aromatic heterocycles. The van der Waals surface area contributed by atoms with Gasteiger partial charge in [0, 0.05) is 12.7 Å². The molecule has 0 spiro atoms. The van der Waals surface area contributed by atoms with Gasteiger partial charge in [-0.25, -0.2) is 4.98 Å². The summed E-state index contributed by atoms with van der Waals surface area (Å²) in [6.45, 7) is 0.887. The van der Waals surface area contributed by atoms with Crippen LogP contribution in [0.4, 0.5) is 4.39 Å². The molecule has 1 aliphatic heterocycles. The standard InChI is InChI=1S/C9H10FN3/c10-9-5-7(1-3-12-9)8-2-4-13(8)6-11/h1,3,5-6,8,11H,2,4H2. The quantitative estimate of drug-likeness (QED) is 0.425. The molecular weight excluding hydrogens is 169 g/mol. The number of nitrogens with zero attached hydrogens (tertiary/aromatic N) is 2. The van der Waals surface area contributed by atoms with E-state index in [4.69, 9.17) is 5.41 Å². The van der Waals surface area contributed by atoms with Crippen LogP contribution in [0.15, 0.2) is 18.3 Å². The summed E-state index contributed by atoms with van der Waals surface area (Å²) in [4.78, 5) is 5.36. The Kier molecular flexibility index (Phi) is 1.96. The zero-order chi connectivity index (χ0) is 9.26. The van der Waals surface area contributed by atoms with Gasteiger partial charge in [-0.05, 0) is 24.1 Å². The van der Waals surface area contributed by atoms with Crippen molar-refractivity contribution in [2.24, 2.45) is 0 Å². The zero-order valence-corrected chi connectivity index (χ0v) is 7.07. The van der Waals surface area contributed by atoms with E-state index in [0.29, 0.717) is 0 Å². The predicted molar refractivity (Wildman–Crippen MR) is 47.0 cm³/mol. The van der Waals surface area contributed by atoms with Gasteiger partial charge in [-0.1, -0.05) is 0 Å². The van der Waals surface area contributed by atoms with Crippen molar-refractivity contribution in [2.75, 3.05) is 6.54 Å². The maximum atomic E-state index is 12.7. The van der Waals surface area contributed by atoms with Crippen LogP contribution in [0.1, 0.15) is 18.0 Å². The molecule has 1 unspecified atom stereocenters. The molecule has 0 saturated carbocycles. The number of hydrogen-bond acceptors (Lipinski definition) is 2. The van der Waals surface area contributed by atoms with Crippen molar-refractivity contribution in [2.45, 2.75) is 12.5 Å². The molecule has 3 nitrogen and oxygen atoms in total. The van der Waals surface area contributed by atoms with Crippen molar-refractivity contribution in [1.82, 2.24) is 9.88 Å². The summed E-state index contributed by atoms with van der Waals surface area (Å²) in [6.07, 6.45) is 3.75. The number of halogens is 1. The number of nitrogens with one attached hydrogen (secondary N) is 1. The molecule has 0 aliphatic carbocycles. The van der Waals surface area contributed by atoms with E-state index >= 15 is 0 Å². The van der Waals surface area contributed by atoms with E-state index in [1.54, 1.807) is 6.07 Å². The Hall–Kier alpha value is -1.45. The summed E-state index contributed by atoms with van der Waals surface area (Å²) in [5, 5.41) is 7.08. The first-order valence-electron chi connectivity index (χ1n) is 4.19. The monoisotopic (exact) mass is 179 g/mol. The Labute approximate surface area is 75.7 Å². The fraction of sp³-hybridized carbons (Fsp3) is 0.333. The summed E-state index contributed by atoms with van der Waals surface area (Å²) in [5.74, 6) is -0.450. The van der Waals surface area contributed by atoms with Gasteiger partial charge in [0.1, 0.15) is 0 Å². The predicted octanol–water partition coefficient (Wildman–Crippen LogP) is 1.57. The minimum Gasteiger partial charge on any atom is -0.356 e. The molecule has 4 heteroatoms. The summed E-state index contributed by atoms with van der Waals surface area (Å²) in [6, 6.07) is 3.40. The second-order valence-electron chi connectivity index (χ2n) is 3.08. The minimum absolute atomic E-state index is 0.176. The number of hydrogen-bond donors (Lipinski definition) is 1. The average Bonchev–Trinajstić information content (AvgIpc) is 2.03. The fourth-order valence-electron chi connectivity index (χ4n) is 1.54. The lowest BCUT2D eigenvalue weighted by atomic mass is 9.96. The van der Waals surface area contributed by atoms with Gasteiger partial charge in [0.05, 0.1) is 12.4 Å². The number of rotatable bonds is 2. The van der Waals surface area contributed by atoms with E-state index < -0.39 is 5.95 Å². The second kappa shape index (κ2) is 3.12. The highest BCUT2D eigenvalue weighted by Crippen LogP contribution is 2.31. The molecule has 0 bridgehead atoms. The van der Waals surface area contributed by atoms with Crippen molar-refractivity contribution < 1.29 is 4.39 Å². The maximum Gasteiger partial charge on any atom is 0.213 e. The molecule has 2 heterocycles. The topological polar surface area (TPSA) is 40.0 Å². The molecule has 68 valence electrons. The third-order valence-corrected chi connectivity index (χ3v) is 2.36. The van der Waals surface area contributed by atoms with Crippen LogP contribution in [0.5, 0.6) is 0 Å². The fourth-order valence-corrected chi connectivity index (χ4v) is 1.54. The summed E-state index contributed by atoms with van der Waals surface area (Å²) >= 11 is 0. The summed E-state index contributed by atoms with van der Waals surface area (Å²) in [5.41, 5.74) is 0.905. The van der Waals surface area contributed by atoms with Crippen molar-refractivity contribution in [1.29, 1.82) is 5.41 Å². The Morgan fingerprint density at radius 3 is 3.08 bits per heavy atom. The molecule has 1 atom stereocenters. The van der Waals surface area contributed by atoms with Gasteiger partial charge >= 0.3 is 0 Å². The van der Waals surface area contributed by atoms with Gasteiger partial charge < -0.3 is 4.90 Å². The lowest BCUT2D eigenvalue weighted by Crippen LogP contribution is -2.39. The highest BCUT2D eigenvalue weighted by Gasteiger charge is 2.26. The Bertz CT molecular complexity index is 326. The Morgan fingerprint density at radius 1 is 1.69 bits per heavy atom. The van der Waals surface area contributed by atoms with E-state index in [-0.39, 0.29) is 6.04 Å². The van der Waals surface area contributed by atoms with Gasteiger partial charge in [0.15, 0.2) is 0 Å². The molecule has 1 fully saturated rings. The molecule has 0 aromatic carbocycles. The number of aromatic nitrogens is 1. The summed E-state index contributed by atoms with van der Waals surface area (Å²) in [7, 11) is 0. The van der Waals surface area contributed by atoms with Crippen LogP contribution in [0, 0.1) is 11.4 Å². The minimum atomic E-state index is -0.450. The van der Waals surface area contributed by atoms with Gasteiger partial charge in [-0.3, -0.25) is 5.41 Å². The van der Waals surface area contributed by atoms with E-state index in [0.717, 1.165) is 18.5 Å². The van der Waals surface area contributed by atoms with E-state index in [1.165, 1.54) is 18.6 Å². The largest absolute Gasteiger partial charge is 0.356 e.